The number of amides is 1. The third kappa shape index (κ3) is 3.62. The molecule has 0 unspecified atom stereocenters. The summed E-state index contributed by atoms with van der Waals surface area (Å²) in [5.74, 6) is 0. The highest BCUT2D eigenvalue weighted by Crippen LogP contribution is 2.30. The van der Waals surface area contributed by atoms with Gasteiger partial charge >= 0.3 is 6.09 Å². The van der Waals surface area contributed by atoms with Crippen LogP contribution >= 0.6 is 0 Å². The zero-order chi connectivity index (χ0) is 15.6. The highest BCUT2D eigenvalue weighted by Gasteiger charge is 2.27. The normalized spacial score (nSPS) is 14.7. The molecule has 7 heteroatoms. The van der Waals surface area contributed by atoms with Crippen molar-refractivity contribution in [2.75, 3.05) is 18.4 Å². The van der Waals surface area contributed by atoms with E-state index in [2.05, 4.69) is 5.32 Å². The number of benzene rings is 1. The summed E-state index contributed by atoms with van der Waals surface area (Å²) < 4.78 is 5.35. The number of carbonyl (C=O) groups excluding carboxylic acids is 1. The van der Waals surface area contributed by atoms with Crippen LogP contribution in [0.1, 0.15) is 26.3 Å². The number of anilines is 1. The van der Waals surface area contributed by atoms with Gasteiger partial charge in [0, 0.05) is 24.7 Å². The first-order valence-corrected chi connectivity index (χ1v) is 6.76. The largest absolute Gasteiger partial charge is 0.444 e. The summed E-state index contributed by atoms with van der Waals surface area (Å²) in [5.41, 5.74) is 0.655. The van der Waals surface area contributed by atoms with Crippen molar-refractivity contribution < 1.29 is 14.5 Å². The van der Waals surface area contributed by atoms with Crippen LogP contribution in [0.3, 0.4) is 0 Å². The van der Waals surface area contributed by atoms with Crippen LogP contribution in [0.25, 0.3) is 0 Å². The molecule has 21 heavy (non-hydrogen) atoms. The molecule has 1 heterocycles. The molecule has 0 fully saturated rings. The number of nitro benzene ring substituents is 1. The van der Waals surface area contributed by atoms with Gasteiger partial charge in [-0.3, -0.25) is 10.1 Å². The van der Waals surface area contributed by atoms with Crippen molar-refractivity contribution in [2.45, 2.75) is 32.9 Å². The molecule has 0 aliphatic carbocycles. The molecule has 0 saturated heterocycles. The predicted octanol–water partition coefficient (Wildman–Crippen LogP) is 2.76. The summed E-state index contributed by atoms with van der Waals surface area (Å²) in [7, 11) is 0. The summed E-state index contributed by atoms with van der Waals surface area (Å²) in [6.45, 7) is 6.58. The fourth-order valence-electron chi connectivity index (χ4n) is 2.16. The molecule has 0 bridgehead atoms. The van der Waals surface area contributed by atoms with E-state index in [1.165, 1.54) is 6.07 Å². The van der Waals surface area contributed by atoms with Crippen molar-refractivity contribution in [1.82, 2.24) is 4.90 Å². The number of hydrogen-bond donors (Lipinski definition) is 1. The van der Waals surface area contributed by atoms with Gasteiger partial charge in [-0.15, -0.1) is 0 Å². The van der Waals surface area contributed by atoms with Gasteiger partial charge in [-0.2, -0.15) is 0 Å². The second-order valence-electron chi connectivity index (χ2n) is 5.90. The van der Waals surface area contributed by atoms with E-state index in [9.17, 15) is 14.9 Å². The zero-order valence-corrected chi connectivity index (χ0v) is 12.4. The Morgan fingerprint density at radius 3 is 2.76 bits per heavy atom. The third-order valence-electron chi connectivity index (χ3n) is 3.02. The number of fused-ring (bicyclic) bond motifs is 1. The van der Waals surface area contributed by atoms with Crippen LogP contribution in [0.4, 0.5) is 16.2 Å². The van der Waals surface area contributed by atoms with Crippen LogP contribution in [0, 0.1) is 10.1 Å². The molecular weight excluding hydrogens is 274 g/mol. The van der Waals surface area contributed by atoms with Crippen LogP contribution in [0.2, 0.25) is 0 Å². The van der Waals surface area contributed by atoms with Crippen molar-refractivity contribution in [3.8, 4) is 0 Å². The van der Waals surface area contributed by atoms with E-state index in [4.69, 9.17) is 4.74 Å². The molecule has 1 aliphatic rings. The van der Waals surface area contributed by atoms with E-state index < -0.39 is 16.6 Å². The van der Waals surface area contributed by atoms with Crippen LogP contribution in [-0.2, 0) is 11.3 Å². The minimum absolute atomic E-state index is 0.0264. The van der Waals surface area contributed by atoms with Crippen molar-refractivity contribution in [1.29, 1.82) is 0 Å². The van der Waals surface area contributed by atoms with E-state index in [1.807, 2.05) is 0 Å². The van der Waals surface area contributed by atoms with E-state index in [0.29, 0.717) is 30.9 Å². The zero-order valence-electron chi connectivity index (χ0n) is 12.4. The molecule has 2 rings (SSSR count). The lowest BCUT2D eigenvalue weighted by Crippen LogP contribution is -2.37. The number of nitrogens with one attached hydrogen (secondary N) is 1. The number of rotatable bonds is 1. The first kappa shape index (κ1) is 15.1. The summed E-state index contributed by atoms with van der Waals surface area (Å²) in [6, 6.07) is 4.85. The molecule has 1 amide bonds. The monoisotopic (exact) mass is 293 g/mol. The van der Waals surface area contributed by atoms with Gasteiger partial charge in [-0.1, -0.05) is 12.1 Å². The smallest absolute Gasteiger partial charge is 0.410 e. The van der Waals surface area contributed by atoms with Gasteiger partial charge in [0.05, 0.1) is 11.5 Å². The molecule has 0 radical (unpaired) electrons. The Kier molecular flexibility index (Phi) is 4.02. The fraction of sp³-hybridized carbons (Fsp3) is 0.500. The van der Waals surface area contributed by atoms with E-state index >= 15 is 0 Å². The highest BCUT2D eigenvalue weighted by molar-refractivity contribution is 5.71. The maximum Gasteiger partial charge on any atom is 0.410 e. The Balaban J connectivity index is 2.24. The second-order valence-corrected chi connectivity index (χ2v) is 5.90. The lowest BCUT2D eigenvalue weighted by Gasteiger charge is -2.26. The maximum atomic E-state index is 12.1. The minimum atomic E-state index is -0.567. The molecule has 0 aromatic heterocycles. The van der Waals surface area contributed by atoms with Gasteiger partial charge in [0.25, 0.3) is 5.69 Å². The van der Waals surface area contributed by atoms with Gasteiger partial charge in [-0.25, -0.2) is 4.79 Å². The lowest BCUT2D eigenvalue weighted by atomic mass is 10.1. The molecular formula is C14H19N3O4. The van der Waals surface area contributed by atoms with E-state index in [-0.39, 0.29) is 5.69 Å². The Hall–Kier alpha value is -2.31. The van der Waals surface area contributed by atoms with Gasteiger partial charge in [0.15, 0.2) is 0 Å². The standard InChI is InChI=1S/C14H19N3O4/c1-14(2,3)21-13(18)16-8-7-15-12-10(9-16)5-4-6-11(12)17(19)20/h4-6,15H,7-9H2,1-3H3. The third-order valence-corrected chi connectivity index (χ3v) is 3.02. The van der Waals surface area contributed by atoms with Crippen LogP contribution in [0.15, 0.2) is 18.2 Å². The molecule has 1 aromatic rings. The molecule has 0 spiro atoms. The molecule has 7 nitrogen and oxygen atoms in total. The molecule has 1 aliphatic heterocycles. The Bertz CT molecular complexity index is 566. The van der Waals surface area contributed by atoms with Gasteiger partial charge in [0.2, 0.25) is 0 Å². The quantitative estimate of drug-likeness (QED) is 0.635. The van der Waals surface area contributed by atoms with Crippen molar-refractivity contribution >= 4 is 17.5 Å². The Morgan fingerprint density at radius 1 is 1.43 bits per heavy atom. The number of hydrogen-bond acceptors (Lipinski definition) is 5. The van der Waals surface area contributed by atoms with Crippen molar-refractivity contribution in [3.05, 3.63) is 33.9 Å². The van der Waals surface area contributed by atoms with Crippen molar-refractivity contribution in [3.63, 3.8) is 0 Å². The van der Waals surface area contributed by atoms with Gasteiger partial charge in [-0.05, 0) is 20.8 Å². The lowest BCUT2D eigenvalue weighted by molar-refractivity contribution is -0.384. The van der Waals surface area contributed by atoms with Crippen LogP contribution in [-0.4, -0.2) is 34.6 Å². The Morgan fingerprint density at radius 2 is 2.14 bits per heavy atom. The number of carbonyl (C=O) groups is 1. The summed E-state index contributed by atoms with van der Waals surface area (Å²) in [5, 5.41) is 14.1. The summed E-state index contributed by atoms with van der Waals surface area (Å²) in [4.78, 5) is 24.3. The Labute approximate surface area is 123 Å². The van der Waals surface area contributed by atoms with E-state index in [1.54, 1.807) is 37.8 Å². The van der Waals surface area contributed by atoms with Crippen molar-refractivity contribution in [2.24, 2.45) is 0 Å². The number of para-hydroxylation sites is 1. The van der Waals surface area contributed by atoms with E-state index in [0.717, 1.165) is 0 Å². The number of nitro groups is 1. The average molecular weight is 293 g/mol. The first-order chi connectivity index (χ1) is 9.78. The number of nitrogens with zero attached hydrogens (tertiary/aromatic N) is 2. The second kappa shape index (κ2) is 5.59. The molecule has 0 saturated carbocycles. The average Bonchev–Trinajstić information content (AvgIpc) is 2.57. The first-order valence-electron chi connectivity index (χ1n) is 6.76. The molecule has 114 valence electrons. The van der Waals surface area contributed by atoms with Gasteiger partial charge < -0.3 is 15.0 Å². The summed E-state index contributed by atoms with van der Waals surface area (Å²) >= 11 is 0. The topological polar surface area (TPSA) is 84.7 Å². The molecule has 1 aromatic carbocycles. The van der Waals surface area contributed by atoms with Gasteiger partial charge in [0.1, 0.15) is 11.3 Å². The summed E-state index contributed by atoms with van der Waals surface area (Å²) in [6.07, 6.45) is -0.413. The highest BCUT2D eigenvalue weighted by atomic mass is 16.6. The van der Waals surface area contributed by atoms with Crippen LogP contribution < -0.4 is 5.32 Å². The molecule has 0 atom stereocenters. The van der Waals surface area contributed by atoms with Crippen LogP contribution in [0.5, 0.6) is 0 Å². The maximum absolute atomic E-state index is 12.1. The number of ether oxygens (including phenoxy) is 1. The fourth-order valence-corrected chi connectivity index (χ4v) is 2.16. The SMILES string of the molecule is CC(C)(C)OC(=O)N1CCNc2c(cccc2[N+](=O)[O-])C1. The molecule has 1 N–H and O–H groups in total. The minimum Gasteiger partial charge on any atom is -0.444 e. The predicted molar refractivity (Wildman–Crippen MR) is 78.2 cm³/mol.